The summed E-state index contributed by atoms with van der Waals surface area (Å²) in [6, 6.07) is 0. The standard InChI is InChI=1S/C16H27N3O2/c1-5-9-17-14-12-11-20-10-8-13(12)18-15(19-14)16(4,6-2)21-7-3/h5-11H2,1-4H3,(H,17,18,19). The third-order valence-corrected chi connectivity index (χ3v) is 3.98. The summed E-state index contributed by atoms with van der Waals surface area (Å²) < 4.78 is 11.5. The highest BCUT2D eigenvalue weighted by molar-refractivity contribution is 5.47. The topological polar surface area (TPSA) is 56.3 Å². The summed E-state index contributed by atoms with van der Waals surface area (Å²) in [7, 11) is 0. The van der Waals surface area contributed by atoms with Gasteiger partial charge in [0, 0.05) is 25.1 Å². The van der Waals surface area contributed by atoms with E-state index >= 15 is 0 Å². The largest absolute Gasteiger partial charge is 0.376 e. The van der Waals surface area contributed by atoms with Crippen molar-refractivity contribution in [1.82, 2.24) is 9.97 Å². The van der Waals surface area contributed by atoms with Gasteiger partial charge in [0.25, 0.3) is 0 Å². The first-order valence-corrected chi connectivity index (χ1v) is 8.00. The number of hydrogen-bond acceptors (Lipinski definition) is 5. The van der Waals surface area contributed by atoms with E-state index in [4.69, 9.17) is 19.4 Å². The number of nitrogens with zero attached hydrogens (tertiary/aromatic N) is 2. The number of aromatic nitrogens is 2. The van der Waals surface area contributed by atoms with Gasteiger partial charge >= 0.3 is 0 Å². The van der Waals surface area contributed by atoms with Crippen LogP contribution in [-0.4, -0.2) is 29.7 Å². The SMILES string of the molecule is CCCNc1nc(C(C)(CC)OCC)nc2c1COCC2. The second-order valence-corrected chi connectivity index (χ2v) is 5.57. The van der Waals surface area contributed by atoms with Gasteiger partial charge in [-0.1, -0.05) is 13.8 Å². The van der Waals surface area contributed by atoms with Crippen molar-refractivity contribution in [2.45, 2.75) is 59.2 Å². The molecule has 1 aromatic heterocycles. The molecule has 1 N–H and O–H groups in total. The van der Waals surface area contributed by atoms with Crippen molar-refractivity contribution in [3.8, 4) is 0 Å². The zero-order valence-corrected chi connectivity index (χ0v) is 13.7. The molecule has 1 aliphatic heterocycles. The van der Waals surface area contributed by atoms with Gasteiger partial charge < -0.3 is 14.8 Å². The van der Waals surface area contributed by atoms with Gasteiger partial charge in [-0.05, 0) is 26.7 Å². The molecule has 5 nitrogen and oxygen atoms in total. The maximum absolute atomic E-state index is 5.93. The number of rotatable bonds is 7. The molecule has 0 amide bonds. The van der Waals surface area contributed by atoms with Crippen molar-refractivity contribution in [1.29, 1.82) is 0 Å². The lowest BCUT2D eigenvalue weighted by molar-refractivity contribution is -0.0393. The van der Waals surface area contributed by atoms with Crippen LogP contribution in [0.2, 0.25) is 0 Å². The molecule has 1 aromatic rings. The van der Waals surface area contributed by atoms with E-state index in [9.17, 15) is 0 Å². The van der Waals surface area contributed by atoms with Crippen molar-refractivity contribution in [3.63, 3.8) is 0 Å². The van der Waals surface area contributed by atoms with Crippen LogP contribution in [0.4, 0.5) is 5.82 Å². The van der Waals surface area contributed by atoms with Crippen molar-refractivity contribution in [2.75, 3.05) is 25.1 Å². The first-order chi connectivity index (χ1) is 10.1. The number of fused-ring (bicyclic) bond motifs is 1. The minimum Gasteiger partial charge on any atom is -0.376 e. The Morgan fingerprint density at radius 2 is 2.10 bits per heavy atom. The first-order valence-electron chi connectivity index (χ1n) is 8.00. The van der Waals surface area contributed by atoms with E-state index in [2.05, 4.69) is 26.1 Å². The Balaban J connectivity index is 2.42. The van der Waals surface area contributed by atoms with E-state index in [-0.39, 0.29) is 0 Å². The maximum atomic E-state index is 5.93. The molecule has 1 atom stereocenters. The molecule has 0 fully saturated rings. The van der Waals surface area contributed by atoms with E-state index in [0.29, 0.717) is 13.2 Å². The molecule has 0 saturated heterocycles. The van der Waals surface area contributed by atoms with E-state index in [1.54, 1.807) is 0 Å². The fraction of sp³-hybridized carbons (Fsp3) is 0.750. The molecular weight excluding hydrogens is 266 g/mol. The minimum atomic E-state index is -0.426. The zero-order valence-electron chi connectivity index (χ0n) is 13.7. The first kappa shape index (κ1) is 16.2. The van der Waals surface area contributed by atoms with Gasteiger partial charge in [0.1, 0.15) is 11.4 Å². The van der Waals surface area contributed by atoms with Crippen molar-refractivity contribution >= 4 is 5.82 Å². The summed E-state index contributed by atoms with van der Waals surface area (Å²) in [5.41, 5.74) is 1.78. The minimum absolute atomic E-state index is 0.426. The van der Waals surface area contributed by atoms with E-state index in [0.717, 1.165) is 55.3 Å². The molecule has 0 aliphatic carbocycles. The molecule has 0 bridgehead atoms. The van der Waals surface area contributed by atoms with Crippen LogP contribution < -0.4 is 5.32 Å². The summed E-state index contributed by atoms with van der Waals surface area (Å²) in [5, 5.41) is 3.41. The highest BCUT2D eigenvalue weighted by atomic mass is 16.5. The lowest BCUT2D eigenvalue weighted by atomic mass is 10.0. The third kappa shape index (κ3) is 3.52. The van der Waals surface area contributed by atoms with Crippen LogP contribution in [0.3, 0.4) is 0 Å². The molecule has 0 spiro atoms. The Morgan fingerprint density at radius 3 is 2.76 bits per heavy atom. The van der Waals surface area contributed by atoms with Crippen LogP contribution in [0.25, 0.3) is 0 Å². The third-order valence-electron chi connectivity index (χ3n) is 3.98. The Kier molecular flexibility index (Phi) is 5.53. The number of nitrogens with one attached hydrogen (secondary N) is 1. The molecule has 21 heavy (non-hydrogen) atoms. The van der Waals surface area contributed by atoms with Crippen LogP contribution >= 0.6 is 0 Å². The zero-order chi connectivity index (χ0) is 15.3. The molecule has 0 radical (unpaired) electrons. The molecule has 5 heteroatoms. The second-order valence-electron chi connectivity index (χ2n) is 5.57. The second kappa shape index (κ2) is 7.18. The Morgan fingerprint density at radius 1 is 1.29 bits per heavy atom. The molecule has 1 unspecified atom stereocenters. The van der Waals surface area contributed by atoms with Crippen molar-refractivity contribution in [2.24, 2.45) is 0 Å². The molecule has 1 aliphatic rings. The summed E-state index contributed by atoms with van der Waals surface area (Å²) in [5.74, 6) is 1.70. The molecular formula is C16H27N3O2. The average Bonchev–Trinajstić information content (AvgIpc) is 2.52. The number of hydrogen-bond donors (Lipinski definition) is 1. The molecule has 2 rings (SSSR count). The quantitative estimate of drug-likeness (QED) is 0.837. The van der Waals surface area contributed by atoms with Crippen LogP contribution in [-0.2, 0) is 28.1 Å². The Bertz CT molecular complexity index is 479. The van der Waals surface area contributed by atoms with Gasteiger partial charge in [-0.3, -0.25) is 0 Å². The molecule has 2 heterocycles. The van der Waals surface area contributed by atoms with Crippen LogP contribution in [0.1, 0.15) is 57.6 Å². The fourth-order valence-corrected chi connectivity index (χ4v) is 2.50. The van der Waals surface area contributed by atoms with Crippen molar-refractivity contribution in [3.05, 3.63) is 17.1 Å². The Hall–Kier alpha value is -1.20. The normalized spacial score (nSPS) is 17.1. The maximum Gasteiger partial charge on any atom is 0.162 e. The van der Waals surface area contributed by atoms with Gasteiger partial charge in [-0.25, -0.2) is 9.97 Å². The van der Waals surface area contributed by atoms with Gasteiger partial charge in [0.15, 0.2) is 5.82 Å². The van der Waals surface area contributed by atoms with Crippen molar-refractivity contribution < 1.29 is 9.47 Å². The van der Waals surface area contributed by atoms with Gasteiger partial charge in [0.2, 0.25) is 0 Å². The van der Waals surface area contributed by atoms with Gasteiger partial charge in [-0.15, -0.1) is 0 Å². The lowest BCUT2D eigenvalue weighted by Crippen LogP contribution is -2.30. The molecule has 118 valence electrons. The lowest BCUT2D eigenvalue weighted by Gasteiger charge is -2.29. The monoisotopic (exact) mass is 293 g/mol. The van der Waals surface area contributed by atoms with Crippen LogP contribution in [0, 0.1) is 0 Å². The van der Waals surface area contributed by atoms with E-state index in [1.165, 1.54) is 0 Å². The highest BCUT2D eigenvalue weighted by Crippen LogP contribution is 2.30. The fourth-order valence-electron chi connectivity index (χ4n) is 2.50. The summed E-state index contributed by atoms with van der Waals surface area (Å²) in [6.45, 7) is 11.2. The van der Waals surface area contributed by atoms with Crippen LogP contribution in [0.15, 0.2) is 0 Å². The highest BCUT2D eigenvalue weighted by Gasteiger charge is 2.31. The van der Waals surface area contributed by atoms with Gasteiger partial charge in [-0.2, -0.15) is 0 Å². The number of ether oxygens (including phenoxy) is 2. The van der Waals surface area contributed by atoms with E-state index < -0.39 is 5.60 Å². The Labute approximate surface area is 127 Å². The predicted octanol–water partition coefficient (Wildman–Crippen LogP) is 3.03. The smallest absolute Gasteiger partial charge is 0.162 e. The van der Waals surface area contributed by atoms with Crippen LogP contribution in [0.5, 0.6) is 0 Å². The molecule has 0 saturated carbocycles. The summed E-state index contributed by atoms with van der Waals surface area (Å²) in [6.07, 6.45) is 2.76. The average molecular weight is 293 g/mol. The summed E-state index contributed by atoms with van der Waals surface area (Å²) >= 11 is 0. The summed E-state index contributed by atoms with van der Waals surface area (Å²) in [4.78, 5) is 9.55. The van der Waals surface area contributed by atoms with E-state index in [1.807, 2.05) is 6.92 Å². The van der Waals surface area contributed by atoms with Gasteiger partial charge in [0.05, 0.1) is 18.9 Å². The molecule has 0 aromatic carbocycles. The predicted molar refractivity (Wildman–Crippen MR) is 83.4 cm³/mol. The number of anilines is 1.